The quantitative estimate of drug-likeness (QED) is 0.180. The summed E-state index contributed by atoms with van der Waals surface area (Å²) in [6.07, 6.45) is 0.0185. The average Bonchev–Trinajstić information content (AvgIpc) is 2.54. The van der Waals surface area contributed by atoms with Crippen LogP contribution >= 0.6 is 0 Å². The van der Waals surface area contributed by atoms with Gasteiger partial charge in [0.15, 0.2) is 12.1 Å². The van der Waals surface area contributed by atoms with Crippen LogP contribution in [0.15, 0.2) is 11.2 Å². The largest absolute Gasteiger partial charge is 0.394 e. The Morgan fingerprint density at radius 1 is 1.48 bits per heavy atom. The number of hydrazone groups is 1. The molecule has 1 fully saturated rings. The van der Waals surface area contributed by atoms with Crippen LogP contribution < -0.4 is 11.6 Å². The number of rotatable bonds is 6. The highest BCUT2D eigenvalue weighted by molar-refractivity contribution is 5.96. The van der Waals surface area contributed by atoms with Crippen LogP contribution in [0.25, 0.3) is 0 Å². The maximum atomic E-state index is 10.8. The van der Waals surface area contributed by atoms with Gasteiger partial charge in [0.2, 0.25) is 0 Å². The molecule has 0 spiro atoms. The summed E-state index contributed by atoms with van der Waals surface area (Å²) in [6.45, 7) is 2.41. The zero-order valence-corrected chi connectivity index (χ0v) is 12.8. The summed E-state index contributed by atoms with van der Waals surface area (Å²) in [5, 5.41) is 14.1. The van der Waals surface area contributed by atoms with Gasteiger partial charge < -0.3 is 20.3 Å². The Morgan fingerprint density at radius 2 is 2.17 bits per heavy atom. The number of aryl methyl sites for hydroxylation is 1. The van der Waals surface area contributed by atoms with Gasteiger partial charge in [-0.15, -0.1) is 5.10 Å². The van der Waals surface area contributed by atoms with Crippen molar-refractivity contribution in [3.63, 3.8) is 0 Å². The Morgan fingerprint density at radius 3 is 2.78 bits per heavy atom. The third kappa shape index (κ3) is 4.93. The third-order valence-corrected chi connectivity index (χ3v) is 3.11. The molecule has 0 radical (unpaired) electrons. The van der Waals surface area contributed by atoms with Gasteiger partial charge in [-0.2, -0.15) is 0 Å². The minimum Gasteiger partial charge on any atom is -0.394 e. The smallest absolute Gasteiger partial charge is 0.171 e. The van der Waals surface area contributed by atoms with Crippen LogP contribution in [0.4, 0.5) is 0 Å². The molecule has 1 aliphatic rings. The van der Waals surface area contributed by atoms with E-state index in [0.29, 0.717) is 31.0 Å². The molecule has 0 bridgehead atoms. The van der Waals surface area contributed by atoms with E-state index in [2.05, 4.69) is 15.1 Å². The number of ether oxygens (including phenoxy) is 2. The highest BCUT2D eigenvalue weighted by atomic mass is 16.6. The lowest BCUT2D eigenvalue weighted by molar-refractivity contribution is -0.150. The van der Waals surface area contributed by atoms with Gasteiger partial charge >= 0.3 is 0 Å². The summed E-state index contributed by atoms with van der Waals surface area (Å²) in [5.41, 5.74) is 6.39. The fraction of sp³-hybridized carbons (Fsp3) is 0.538. The molecule has 23 heavy (non-hydrogen) atoms. The first-order chi connectivity index (χ1) is 11.0. The molecular weight excluding hydrogens is 304 g/mol. The molecular formula is C13H20N6O4. The Kier molecular flexibility index (Phi) is 5.93. The Labute approximate surface area is 133 Å². The number of aromatic nitrogens is 2. The first-order valence-electron chi connectivity index (χ1n) is 7.03. The van der Waals surface area contributed by atoms with Gasteiger partial charge in [0.1, 0.15) is 29.4 Å². The van der Waals surface area contributed by atoms with Crippen molar-refractivity contribution in [1.82, 2.24) is 15.1 Å². The van der Waals surface area contributed by atoms with E-state index < -0.39 is 0 Å². The van der Waals surface area contributed by atoms with Crippen molar-refractivity contribution < 1.29 is 19.4 Å². The molecule has 5 N–H and O–H groups in total. The third-order valence-electron chi connectivity index (χ3n) is 3.11. The molecule has 1 unspecified atom stereocenters. The first kappa shape index (κ1) is 17.2. The predicted octanol–water partition coefficient (Wildman–Crippen LogP) is -1.83. The first-order valence-corrected chi connectivity index (χ1v) is 7.03. The molecule has 0 saturated carbocycles. The summed E-state index contributed by atoms with van der Waals surface area (Å²) in [4.78, 5) is 18.9. The molecule has 1 aromatic heterocycles. The lowest BCUT2D eigenvalue weighted by Gasteiger charge is -2.30. The fourth-order valence-electron chi connectivity index (χ4n) is 2.02. The van der Waals surface area contributed by atoms with Crippen LogP contribution in [0.3, 0.4) is 0 Å². The van der Waals surface area contributed by atoms with Crippen molar-refractivity contribution in [3.05, 3.63) is 23.3 Å². The van der Waals surface area contributed by atoms with Crippen molar-refractivity contribution in [2.45, 2.75) is 19.1 Å². The number of nitrogens with zero attached hydrogens (tertiary/aromatic N) is 4. The molecule has 10 heteroatoms. The van der Waals surface area contributed by atoms with Crippen LogP contribution in [0.1, 0.15) is 22.0 Å². The van der Waals surface area contributed by atoms with E-state index in [-0.39, 0.29) is 36.9 Å². The lowest BCUT2D eigenvalue weighted by Crippen LogP contribution is -2.45. The number of hydrogen-bond donors (Lipinski definition) is 3. The topological polar surface area (TPSA) is 149 Å². The van der Waals surface area contributed by atoms with Crippen molar-refractivity contribution in [2.24, 2.45) is 16.7 Å². The normalized spacial score (nSPS) is 22.0. The van der Waals surface area contributed by atoms with E-state index in [1.165, 1.54) is 6.07 Å². The number of aliphatic hydroxyl groups is 1. The van der Waals surface area contributed by atoms with Crippen molar-refractivity contribution >= 4 is 12.1 Å². The Balaban J connectivity index is 1.97. The minimum absolute atomic E-state index is 0.0612. The van der Waals surface area contributed by atoms with E-state index in [1.54, 1.807) is 6.92 Å². The fourth-order valence-corrected chi connectivity index (χ4v) is 2.02. The second-order valence-corrected chi connectivity index (χ2v) is 5.04. The molecule has 1 saturated heterocycles. The molecule has 1 aliphatic heterocycles. The summed E-state index contributed by atoms with van der Waals surface area (Å²) in [7, 11) is 0. The maximum Gasteiger partial charge on any atom is 0.171 e. The second kappa shape index (κ2) is 7.92. The van der Waals surface area contributed by atoms with Crippen molar-refractivity contribution in [2.75, 3.05) is 26.4 Å². The maximum absolute atomic E-state index is 10.8. The zero-order chi connectivity index (χ0) is 16.8. The van der Waals surface area contributed by atoms with Crippen LogP contribution in [0, 0.1) is 6.92 Å². The number of aliphatic hydroxyl groups excluding tert-OH is 1. The molecule has 1 aromatic rings. The molecule has 0 amide bonds. The van der Waals surface area contributed by atoms with E-state index in [4.69, 9.17) is 26.2 Å². The molecule has 2 heterocycles. The van der Waals surface area contributed by atoms with Crippen LogP contribution in [0.5, 0.6) is 0 Å². The van der Waals surface area contributed by atoms with Gasteiger partial charge in [-0.25, -0.2) is 20.9 Å². The molecule has 2 rings (SSSR count). The minimum atomic E-state index is -0.309. The Bertz CT molecular complexity index is 574. The van der Waals surface area contributed by atoms with E-state index >= 15 is 0 Å². The summed E-state index contributed by atoms with van der Waals surface area (Å²) in [5.74, 6) is 6.26. The van der Waals surface area contributed by atoms with Crippen molar-refractivity contribution in [1.29, 1.82) is 0 Å². The van der Waals surface area contributed by atoms with Gasteiger partial charge in [-0.1, -0.05) is 0 Å². The molecule has 126 valence electrons. The number of nitrogens with two attached hydrogens (primary N) is 2. The molecule has 10 nitrogen and oxygen atoms in total. The highest BCUT2D eigenvalue weighted by Gasteiger charge is 2.23. The summed E-state index contributed by atoms with van der Waals surface area (Å²) >= 11 is 0. The van der Waals surface area contributed by atoms with E-state index in [0.717, 1.165) is 5.12 Å². The van der Waals surface area contributed by atoms with Crippen LogP contribution in [-0.2, 0) is 9.47 Å². The molecule has 0 aromatic carbocycles. The van der Waals surface area contributed by atoms with Gasteiger partial charge in [0.05, 0.1) is 26.4 Å². The van der Waals surface area contributed by atoms with Gasteiger partial charge in [0.25, 0.3) is 0 Å². The lowest BCUT2D eigenvalue weighted by atomic mass is 10.3. The van der Waals surface area contributed by atoms with E-state index in [1.807, 2.05) is 0 Å². The number of hydrogen-bond acceptors (Lipinski definition) is 9. The zero-order valence-electron chi connectivity index (χ0n) is 12.8. The standard InChI is InChI=1S/C13H20N6O4/c1-8-16-9(4-20)2-12(17-8)13(14)18-19(15)3-10-6-23-11(5-21)7-22-10/h2,4,10-11,21H,3,5-7,15H2,1H3,(H2,14,18)/t10?,11-/m1/s1. The number of hydrazine groups is 1. The SMILES string of the molecule is Cc1nc(C=O)cc(/C(N)=N/N(N)CC2CO[C@H](CO)CO2)n1. The van der Waals surface area contributed by atoms with Gasteiger partial charge in [-0.05, 0) is 13.0 Å². The summed E-state index contributed by atoms with van der Waals surface area (Å²) < 4.78 is 10.9. The predicted molar refractivity (Wildman–Crippen MR) is 80.3 cm³/mol. The highest BCUT2D eigenvalue weighted by Crippen LogP contribution is 2.08. The Hall–Kier alpha value is -2.14. The molecule has 2 atom stereocenters. The molecule has 0 aliphatic carbocycles. The van der Waals surface area contributed by atoms with E-state index in [9.17, 15) is 4.79 Å². The van der Waals surface area contributed by atoms with Crippen molar-refractivity contribution in [3.8, 4) is 0 Å². The number of carbonyl (C=O) groups excluding carboxylic acids is 1. The second-order valence-electron chi connectivity index (χ2n) is 5.04. The number of amidine groups is 1. The number of aldehydes is 1. The van der Waals surface area contributed by atoms with Crippen LogP contribution in [0.2, 0.25) is 0 Å². The monoisotopic (exact) mass is 324 g/mol. The van der Waals surface area contributed by atoms with Gasteiger partial charge in [0, 0.05) is 0 Å². The average molecular weight is 324 g/mol. The van der Waals surface area contributed by atoms with Crippen LogP contribution in [-0.4, -0.2) is 70.9 Å². The summed E-state index contributed by atoms with van der Waals surface area (Å²) in [6, 6.07) is 1.43. The van der Waals surface area contributed by atoms with Gasteiger partial charge in [-0.3, -0.25) is 4.79 Å². The number of carbonyl (C=O) groups is 1.